The van der Waals surface area contributed by atoms with Crippen LogP contribution >= 0.6 is 0 Å². The van der Waals surface area contributed by atoms with Gasteiger partial charge in [-0.1, -0.05) is 13.3 Å². The van der Waals surface area contributed by atoms with Crippen molar-refractivity contribution < 1.29 is 4.79 Å². The van der Waals surface area contributed by atoms with E-state index < -0.39 is 0 Å². The molecular formula is C10H20N2O. The highest BCUT2D eigenvalue weighted by atomic mass is 16.1. The summed E-state index contributed by atoms with van der Waals surface area (Å²) in [5, 5.41) is 3.03. The van der Waals surface area contributed by atoms with Crippen molar-refractivity contribution in [2.45, 2.75) is 45.1 Å². The first-order valence-electron chi connectivity index (χ1n) is 5.10. The molecule has 1 saturated carbocycles. The van der Waals surface area contributed by atoms with E-state index in [-0.39, 0.29) is 11.4 Å². The van der Waals surface area contributed by atoms with Gasteiger partial charge in [-0.15, -0.1) is 0 Å². The van der Waals surface area contributed by atoms with Gasteiger partial charge in [0.05, 0.1) is 0 Å². The first kappa shape index (κ1) is 10.5. The van der Waals surface area contributed by atoms with Crippen LogP contribution in [0.4, 0.5) is 0 Å². The molecular weight excluding hydrogens is 164 g/mol. The van der Waals surface area contributed by atoms with Crippen LogP contribution in [0.25, 0.3) is 0 Å². The molecule has 76 valence electrons. The number of amides is 1. The third-order valence-corrected chi connectivity index (χ3v) is 2.83. The van der Waals surface area contributed by atoms with Crippen LogP contribution in [0.2, 0.25) is 0 Å². The molecule has 1 rings (SSSR count). The molecule has 0 bridgehead atoms. The van der Waals surface area contributed by atoms with Gasteiger partial charge in [-0.3, -0.25) is 4.79 Å². The summed E-state index contributed by atoms with van der Waals surface area (Å²) in [6, 6.07) is 0. The predicted octanol–water partition coefficient (Wildman–Crippen LogP) is 1.03. The summed E-state index contributed by atoms with van der Waals surface area (Å²) in [6.07, 6.45) is 3.82. The summed E-state index contributed by atoms with van der Waals surface area (Å²) >= 11 is 0. The van der Waals surface area contributed by atoms with E-state index in [9.17, 15) is 4.79 Å². The van der Waals surface area contributed by atoms with Crippen LogP contribution in [-0.4, -0.2) is 18.0 Å². The van der Waals surface area contributed by atoms with Gasteiger partial charge in [-0.05, 0) is 32.2 Å². The molecule has 0 spiro atoms. The van der Waals surface area contributed by atoms with E-state index in [1.807, 2.05) is 0 Å². The molecule has 1 amide bonds. The zero-order chi connectivity index (χ0) is 9.90. The minimum atomic E-state index is 0.115. The highest BCUT2D eigenvalue weighted by Gasteiger charge is 2.38. The van der Waals surface area contributed by atoms with E-state index in [2.05, 4.69) is 19.2 Å². The van der Waals surface area contributed by atoms with Gasteiger partial charge < -0.3 is 11.1 Å². The van der Waals surface area contributed by atoms with Gasteiger partial charge >= 0.3 is 0 Å². The summed E-state index contributed by atoms with van der Waals surface area (Å²) in [4.78, 5) is 11.5. The number of nitrogens with one attached hydrogen (secondary N) is 1. The van der Waals surface area contributed by atoms with Crippen molar-refractivity contribution in [1.82, 2.24) is 5.32 Å². The maximum absolute atomic E-state index is 11.5. The molecule has 1 atom stereocenters. The Morgan fingerprint density at radius 1 is 1.62 bits per heavy atom. The van der Waals surface area contributed by atoms with Crippen LogP contribution < -0.4 is 11.1 Å². The highest BCUT2D eigenvalue weighted by molar-refractivity contribution is 5.77. The number of rotatable bonds is 5. The maximum atomic E-state index is 11.5. The highest BCUT2D eigenvalue weighted by Crippen LogP contribution is 2.34. The standard InChI is InChI=1S/C10H20N2O/c1-3-8(7-11)6-9(13)12-10(2)4-5-10/h8H,3-7,11H2,1-2H3,(H,12,13). The van der Waals surface area contributed by atoms with Gasteiger partial charge in [0.15, 0.2) is 0 Å². The lowest BCUT2D eigenvalue weighted by Gasteiger charge is -2.15. The van der Waals surface area contributed by atoms with E-state index >= 15 is 0 Å². The lowest BCUT2D eigenvalue weighted by atomic mass is 10.0. The number of hydrogen-bond acceptors (Lipinski definition) is 2. The molecule has 0 aromatic heterocycles. The zero-order valence-electron chi connectivity index (χ0n) is 8.60. The normalized spacial score (nSPS) is 20.8. The molecule has 0 heterocycles. The second-order valence-corrected chi connectivity index (χ2v) is 4.32. The summed E-state index contributed by atoms with van der Waals surface area (Å²) < 4.78 is 0. The Kier molecular flexibility index (Phi) is 3.31. The predicted molar refractivity (Wildman–Crippen MR) is 53.2 cm³/mol. The fourth-order valence-electron chi connectivity index (χ4n) is 1.36. The third-order valence-electron chi connectivity index (χ3n) is 2.83. The lowest BCUT2D eigenvalue weighted by Crippen LogP contribution is -2.36. The fraction of sp³-hybridized carbons (Fsp3) is 0.900. The van der Waals surface area contributed by atoms with Crippen molar-refractivity contribution >= 4 is 5.91 Å². The van der Waals surface area contributed by atoms with Crippen molar-refractivity contribution in [2.24, 2.45) is 11.7 Å². The number of hydrogen-bond donors (Lipinski definition) is 2. The smallest absolute Gasteiger partial charge is 0.220 e. The SMILES string of the molecule is CCC(CN)CC(=O)NC1(C)CC1. The van der Waals surface area contributed by atoms with E-state index in [1.54, 1.807) is 0 Å². The molecule has 1 fully saturated rings. The van der Waals surface area contributed by atoms with Crippen LogP contribution in [0.15, 0.2) is 0 Å². The fourth-order valence-corrected chi connectivity index (χ4v) is 1.36. The van der Waals surface area contributed by atoms with Gasteiger partial charge in [0.2, 0.25) is 5.91 Å². The zero-order valence-corrected chi connectivity index (χ0v) is 8.60. The quantitative estimate of drug-likeness (QED) is 0.670. The molecule has 1 unspecified atom stereocenters. The molecule has 0 radical (unpaired) electrons. The molecule has 0 aromatic rings. The van der Waals surface area contributed by atoms with Crippen LogP contribution in [-0.2, 0) is 4.79 Å². The Morgan fingerprint density at radius 3 is 2.62 bits per heavy atom. The first-order chi connectivity index (χ1) is 6.09. The summed E-state index contributed by atoms with van der Waals surface area (Å²) in [6.45, 7) is 4.78. The molecule has 0 aromatic carbocycles. The van der Waals surface area contributed by atoms with Gasteiger partial charge in [0, 0.05) is 12.0 Å². The van der Waals surface area contributed by atoms with Crippen molar-refractivity contribution in [3.8, 4) is 0 Å². The van der Waals surface area contributed by atoms with Gasteiger partial charge in [-0.25, -0.2) is 0 Å². The van der Waals surface area contributed by atoms with Crippen molar-refractivity contribution in [2.75, 3.05) is 6.54 Å². The van der Waals surface area contributed by atoms with Crippen LogP contribution in [0.3, 0.4) is 0 Å². The molecule has 3 heteroatoms. The van der Waals surface area contributed by atoms with Crippen LogP contribution in [0.1, 0.15) is 39.5 Å². The van der Waals surface area contributed by atoms with E-state index in [4.69, 9.17) is 5.73 Å². The minimum absolute atomic E-state index is 0.115. The maximum Gasteiger partial charge on any atom is 0.220 e. The minimum Gasteiger partial charge on any atom is -0.351 e. The molecule has 3 N–H and O–H groups in total. The molecule has 0 aliphatic heterocycles. The third kappa shape index (κ3) is 3.35. The van der Waals surface area contributed by atoms with Crippen LogP contribution in [0.5, 0.6) is 0 Å². The number of nitrogens with two attached hydrogens (primary N) is 1. The number of carbonyl (C=O) groups excluding carboxylic acids is 1. The first-order valence-corrected chi connectivity index (χ1v) is 5.10. The van der Waals surface area contributed by atoms with Gasteiger partial charge in [-0.2, -0.15) is 0 Å². The molecule has 0 saturated heterocycles. The Labute approximate surface area is 80.1 Å². The van der Waals surface area contributed by atoms with Crippen LogP contribution in [0, 0.1) is 5.92 Å². The molecule has 1 aliphatic carbocycles. The topological polar surface area (TPSA) is 55.1 Å². The largest absolute Gasteiger partial charge is 0.351 e. The monoisotopic (exact) mass is 184 g/mol. The average Bonchev–Trinajstić information content (AvgIpc) is 2.79. The van der Waals surface area contributed by atoms with Crippen molar-refractivity contribution in [1.29, 1.82) is 0 Å². The summed E-state index contributed by atoms with van der Waals surface area (Å²) in [5.41, 5.74) is 5.65. The van der Waals surface area contributed by atoms with E-state index in [1.165, 1.54) is 0 Å². The Morgan fingerprint density at radius 2 is 2.23 bits per heavy atom. The van der Waals surface area contributed by atoms with E-state index in [0.717, 1.165) is 19.3 Å². The Hall–Kier alpha value is -0.570. The average molecular weight is 184 g/mol. The Balaban J connectivity index is 2.23. The van der Waals surface area contributed by atoms with Gasteiger partial charge in [0.1, 0.15) is 0 Å². The Bertz CT molecular complexity index is 183. The van der Waals surface area contributed by atoms with E-state index in [0.29, 0.717) is 18.9 Å². The molecule has 13 heavy (non-hydrogen) atoms. The lowest BCUT2D eigenvalue weighted by molar-refractivity contribution is -0.122. The van der Waals surface area contributed by atoms with Crippen molar-refractivity contribution in [3.63, 3.8) is 0 Å². The summed E-state index contributed by atoms with van der Waals surface area (Å²) in [5.74, 6) is 0.514. The molecule has 3 nitrogen and oxygen atoms in total. The summed E-state index contributed by atoms with van der Waals surface area (Å²) in [7, 11) is 0. The second kappa shape index (κ2) is 4.09. The molecule has 1 aliphatic rings. The van der Waals surface area contributed by atoms with Gasteiger partial charge in [0.25, 0.3) is 0 Å². The second-order valence-electron chi connectivity index (χ2n) is 4.32. The van der Waals surface area contributed by atoms with Crippen molar-refractivity contribution in [3.05, 3.63) is 0 Å². The number of carbonyl (C=O) groups is 1.